The largest absolute Gasteiger partial charge is 0.373 e. The molecule has 0 aliphatic carbocycles. The fourth-order valence-corrected chi connectivity index (χ4v) is 2.92. The van der Waals surface area contributed by atoms with Crippen LogP contribution in [0.1, 0.15) is 13.8 Å². The van der Waals surface area contributed by atoms with Gasteiger partial charge in [0.05, 0.1) is 30.3 Å². The van der Waals surface area contributed by atoms with E-state index < -0.39 is 10.2 Å². The van der Waals surface area contributed by atoms with Crippen LogP contribution in [0, 0.1) is 0 Å². The van der Waals surface area contributed by atoms with E-state index in [2.05, 4.69) is 29.5 Å². The number of ether oxygens (including phenoxy) is 1. The third-order valence-electron chi connectivity index (χ3n) is 3.85. The predicted molar refractivity (Wildman–Crippen MR) is 100 cm³/mol. The number of halogens is 3. The Morgan fingerprint density at radius 2 is 1.96 bits per heavy atom. The van der Waals surface area contributed by atoms with Crippen LogP contribution in [0.2, 0.25) is 0 Å². The van der Waals surface area contributed by atoms with Crippen molar-refractivity contribution in [1.82, 2.24) is 20.3 Å². The van der Waals surface area contributed by atoms with Gasteiger partial charge in [-0.05, 0) is 26.0 Å². The number of benzene rings is 1. The van der Waals surface area contributed by atoms with Crippen molar-refractivity contribution >= 4 is 35.0 Å². The topological polar surface area (TPSA) is 86.1 Å². The van der Waals surface area contributed by atoms with Gasteiger partial charge >= 0.3 is 10.2 Å². The molecule has 1 aliphatic heterocycles. The lowest BCUT2D eigenvalue weighted by atomic mass is 10.0. The van der Waals surface area contributed by atoms with Crippen molar-refractivity contribution in [3.8, 4) is 11.3 Å². The molecule has 11 heteroatoms. The van der Waals surface area contributed by atoms with Gasteiger partial charge in [0.25, 0.3) is 0 Å². The minimum Gasteiger partial charge on any atom is -0.373 e. The molecule has 1 aromatic heterocycles. The van der Waals surface area contributed by atoms with Crippen LogP contribution in [0.3, 0.4) is 0 Å². The van der Waals surface area contributed by atoms with E-state index in [1.165, 1.54) is 24.3 Å². The SMILES string of the molecule is CC1(C)COC(Cn2cc(-c3ccc(S(=O)(=O)F)cc3)nn2)CN1.Cl.Cl. The molecule has 0 saturated carbocycles. The zero-order valence-corrected chi connectivity index (χ0v) is 16.7. The Morgan fingerprint density at radius 1 is 1.31 bits per heavy atom. The maximum Gasteiger partial charge on any atom is 0.332 e. The lowest BCUT2D eigenvalue weighted by Gasteiger charge is -2.35. The highest BCUT2D eigenvalue weighted by molar-refractivity contribution is 7.86. The summed E-state index contributed by atoms with van der Waals surface area (Å²) in [4.78, 5) is -0.372. The van der Waals surface area contributed by atoms with Crippen molar-refractivity contribution in [3.63, 3.8) is 0 Å². The van der Waals surface area contributed by atoms with E-state index in [1.54, 1.807) is 10.9 Å². The molecule has 2 aromatic rings. The summed E-state index contributed by atoms with van der Waals surface area (Å²) in [6.07, 6.45) is 1.76. The molecule has 26 heavy (non-hydrogen) atoms. The van der Waals surface area contributed by atoms with E-state index in [4.69, 9.17) is 4.74 Å². The number of morpholine rings is 1. The second-order valence-corrected chi connectivity index (χ2v) is 7.83. The Labute approximate surface area is 164 Å². The van der Waals surface area contributed by atoms with E-state index in [0.717, 1.165) is 6.54 Å². The molecule has 0 radical (unpaired) electrons. The van der Waals surface area contributed by atoms with Gasteiger partial charge in [-0.15, -0.1) is 33.8 Å². The van der Waals surface area contributed by atoms with Gasteiger partial charge in [0, 0.05) is 17.6 Å². The van der Waals surface area contributed by atoms with Gasteiger partial charge in [-0.2, -0.15) is 8.42 Å². The quantitative estimate of drug-likeness (QED) is 0.754. The zero-order valence-electron chi connectivity index (χ0n) is 14.3. The van der Waals surface area contributed by atoms with Crippen molar-refractivity contribution in [3.05, 3.63) is 30.5 Å². The summed E-state index contributed by atoms with van der Waals surface area (Å²) in [5.74, 6) is 0. The molecule has 1 atom stereocenters. The van der Waals surface area contributed by atoms with Gasteiger partial charge in [0.2, 0.25) is 0 Å². The Kier molecular flexibility index (Phi) is 7.55. The summed E-state index contributed by atoms with van der Waals surface area (Å²) in [6.45, 7) is 6.08. The zero-order chi connectivity index (χ0) is 17.4. The van der Waals surface area contributed by atoms with Crippen LogP contribution in [-0.4, -0.2) is 48.2 Å². The number of hydrogen-bond acceptors (Lipinski definition) is 6. The van der Waals surface area contributed by atoms with Crippen molar-refractivity contribution in [2.75, 3.05) is 13.2 Å². The number of nitrogens with zero attached hydrogens (tertiary/aromatic N) is 3. The maximum absolute atomic E-state index is 12.9. The monoisotopic (exact) mass is 426 g/mol. The number of aromatic nitrogens is 3. The molecule has 1 N–H and O–H groups in total. The maximum atomic E-state index is 12.9. The van der Waals surface area contributed by atoms with E-state index in [1.807, 2.05) is 0 Å². The highest BCUT2D eigenvalue weighted by Crippen LogP contribution is 2.20. The first kappa shape index (κ1) is 22.8. The van der Waals surface area contributed by atoms with Crippen molar-refractivity contribution < 1.29 is 17.0 Å². The predicted octanol–water partition coefficient (Wildman–Crippen LogP) is 2.21. The average molecular weight is 427 g/mol. The standard InChI is InChI=1S/C15H19FN4O3S.2ClH/c1-15(2)10-23-12(7-17-15)8-20-9-14(18-19-20)11-3-5-13(6-4-11)24(16,21)22;;/h3-6,9,12,17H,7-8,10H2,1-2H3;2*1H. The molecule has 0 bridgehead atoms. The molecular formula is C15H21Cl2FN4O3S. The van der Waals surface area contributed by atoms with Gasteiger partial charge in [-0.3, -0.25) is 0 Å². The van der Waals surface area contributed by atoms with Gasteiger partial charge < -0.3 is 10.1 Å². The number of rotatable bonds is 4. The third-order valence-corrected chi connectivity index (χ3v) is 4.68. The summed E-state index contributed by atoms with van der Waals surface area (Å²) in [5.41, 5.74) is 1.22. The molecule has 1 aromatic carbocycles. The van der Waals surface area contributed by atoms with Crippen LogP contribution in [0.15, 0.2) is 35.4 Å². The van der Waals surface area contributed by atoms with E-state index in [9.17, 15) is 12.3 Å². The van der Waals surface area contributed by atoms with Gasteiger partial charge in [0.1, 0.15) is 5.69 Å². The van der Waals surface area contributed by atoms with E-state index in [-0.39, 0.29) is 41.4 Å². The van der Waals surface area contributed by atoms with Crippen LogP contribution in [0.5, 0.6) is 0 Å². The summed E-state index contributed by atoms with van der Waals surface area (Å²) >= 11 is 0. The normalized spacial score (nSPS) is 19.3. The molecular weight excluding hydrogens is 406 g/mol. The van der Waals surface area contributed by atoms with Crippen molar-refractivity contribution in [2.45, 2.75) is 36.9 Å². The Hall–Kier alpha value is -1.26. The molecule has 1 fully saturated rings. The van der Waals surface area contributed by atoms with Crippen LogP contribution in [0.4, 0.5) is 3.89 Å². The Morgan fingerprint density at radius 3 is 2.50 bits per heavy atom. The number of nitrogens with one attached hydrogen (secondary N) is 1. The van der Waals surface area contributed by atoms with Gasteiger partial charge in [-0.1, -0.05) is 17.3 Å². The van der Waals surface area contributed by atoms with Gasteiger partial charge in [-0.25, -0.2) is 4.68 Å². The first-order valence-corrected chi connectivity index (χ1v) is 8.93. The van der Waals surface area contributed by atoms with E-state index >= 15 is 0 Å². The highest BCUT2D eigenvalue weighted by Gasteiger charge is 2.27. The van der Waals surface area contributed by atoms with Crippen LogP contribution in [-0.2, 0) is 21.5 Å². The molecule has 146 valence electrons. The second kappa shape index (κ2) is 8.62. The summed E-state index contributed by atoms with van der Waals surface area (Å²) in [5, 5.41) is 11.5. The first-order valence-electron chi connectivity index (χ1n) is 7.55. The molecule has 2 heterocycles. The average Bonchev–Trinajstić information content (AvgIpc) is 2.97. The minimum atomic E-state index is -4.69. The van der Waals surface area contributed by atoms with Crippen LogP contribution < -0.4 is 5.32 Å². The molecule has 1 unspecified atom stereocenters. The molecule has 1 saturated heterocycles. The smallest absolute Gasteiger partial charge is 0.332 e. The minimum absolute atomic E-state index is 0. The van der Waals surface area contributed by atoms with Crippen molar-refractivity contribution in [2.24, 2.45) is 0 Å². The molecule has 0 amide bonds. The fraction of sp³-hybridized carbons (Fsp3) is 0.467. The summed E-state index contributed by atoms with van der Waals surface area (Å²) in [7, 11) is -4.69. The Balaban J connectivity index is 0.00000169. The highest BCUT2D eigenvalue weighted by atomic mass is 35.5. The van der Waals surface area contributed by atoms with Crippen molar-refractivity contribution in [1.29, 1.82) is 0 Å². The lowest BCUT2D eigenvalue weighted by Crippen LogP contribution is -2.54. The fourth-order valence-electron chi connectivity index (χ4n) is 2.46. The third kappa shape index (κ3) is 5.62. The van der Waals surface area contributed by atoms with E-state index in [0.29, 0.717) is 24.4 Å². The summed E-state index contributed by atoms with van der Waals surface area (Å²) < 4.78 is 42.0. The molecule has 0 spiro atoms. The molecule has 1 aliphatic rings. The molecule has 3 rings (SSSR count). The summed E-state index contributed by atoms with van der Waals surface area (Å²) in [6, 6.07) is 5.42. The van der Waals surface area contributed by atoms with Crippen LogP contribution in [0.25, 0.3) is 11.3 Å². The lowest BCUT2D eigenvalue weighted by molar-refractivity contribution is -0.0307. The molecule has 7 nitrogen and oxygen atoms in total. The van der Waals surface area contributed by atoms with Gasteiger partial charge in [0.15, 0.2) is 0 Å². The first-order chi connectivity index (χ1) is 11.2. The Bertz CT molecular complexity index is 818. The second-order valence-electron chi connectivity index (χ2n) is 6.49. The van der Waals surface area contributed by atoms with Crippen LogP contribution >= 0.6 is 24.8 Å². The number of hydrogen-bond donors (Lipinski definition) is 1.